The maximum absolute atomic E-state index is 9.63. The van der Waals surface area contributed by atoms with Crippen molar-refractivity contribution in [1.29, 1.82) is 5.26 Å². The molecule has 5 nitrogen and oxygen atoms in total. The fourth-order valence-electron chi connectivity index (χ4n) is 7.86. The predicted molar refractivity (Wildman–Crippen MR) is 226 cm³/mol. The molecule has 0 aliphatic carbocycles. The van der Waals surface area contributed by atoms with E-state index in [0.29, 0.717) is 10.6 Å². The van der Waals surface area contributed by atoms with Crippen molar-refractivity contribution in [2.24, 2.45) is 0 Å². The number of rotatable bonds is 6. The van der Waals surface area contributed by atoms with Crippen LogP contribution < -0.4 is 5.19 Å². The molecule has 0 aliphatic heterocycles. The van der Waals surface area contributed by atoms with Crippen LogP contribution in [-0.2, 0) is 0 Å². The first-order valence-corrected chi connectivity index (χ1v) is 22.7. The van der Waals surface area contributed by atoms with Crippen LogP contribution in [-0.4, -0.2) is 22.6 Å². The van der Waals surface area contributed by atoms with Gasteiger partial charge in [-0.15, -0.1) is 11.3 Å². The fourth-order valence-corrected chi connectivity index (χ4v) is 9.78. The lowest BCUT2D eigenvalue weighted by Crippen LogP contribution is -2.37. The van der Waals surface area contributed by atoms with Crippen molar-refractivity contribution in [2.75, 3.05) is 0 Å². The number of hydrogen-bond donors (Lipinski definition) is 0. The second kappa shape index (κ2) is 12.3. The van der Waals surface area contributed by atoms with Crippen molar-refractivity contribution < 1.29 is 4.42 Å². The molecule has 3 heterocycles. The van der Waals surface area contributed by atoms with Gasteiger partial charge in [-0.2, -0.15) is 5.26 Å². The molecule has 0 spiro atoms. The molecule has 0 amide bonds. The van der Waals surface area contributed by atoms with E-state index >= 15 is 0 Å². The Morgan fingerprint density at radius 3 is 2.11 bits per heavy atom. The lowest BCUT2D eigenvalue weighted by molar-refractivity contribution is 0.672. The molecule has 260 valence electrons. The maximum atomic E-state index is 9.63. The van der Waals surface area contributed by atoms with E-state index in [9.17, 15) is 5.26 Å². The predicted octanol–water partition coefficient (Wildman–Crippen LogP) is 12.7. The Bertz CT molecular complexity index is 2920. The van der Waals surface area contributed by atoms with Crippen LogP contribution in [0.5, 0.6) is 0 Å². The van der Waals surface area contributed by atoms with Crippen molar-refractivity contribution in [1.82, 2.24) is 14.5 Å². The summed E-state index contributed by atoms with van der Waals surface area (Å²) in [5.41, 5.74) is 11.3. The molecule has 9 aromatic rings. The quantitative estimate of drug-likeness (QED) is 0.160. The average Bonchev–Trinajstić information content (AvgIpc) is 3.87. The van der Waals surface area contributed by atoms with E-state index in [1.165, 1.54) is 49.9 Å². The van der Waals surface area contributed by atoms with E-state index in [1.54, 1.807) is 0 Å². The van der Waals surface area contributed by atoms with Gasteiger partial charge in [-0.1, -0.05) is 119 Å². The molecule has 0 N–H and O–H groups in total. The number of benzene rings is 6. The van der Waals surface area contributed by atoms with E-state index in [2.05, 4.69) is 160 Å². The lowest BCUT2D eigenvalue weighted by Gasteiger charge is -2.25. The summed E-state index contributed by atoms with van der Waals surface area (Å²) in [6.45, 7) is 16.4. The number of hydrogen-bond acceptors (Lipinski definition) is 5. The summed E-state index contributed by atoms with van der Waals surface area (Å²) in [7, 11) is -1.43. The molecule has 0 saturated carbocycles. The standard InChI is InChI=1S/C46H40N4OSSi/c1-26(2)36-23-30(28-15-18-31(19-16-28)53(5,6)7)24-37(27(3)4)42(36)50-43-32-12-9-8-11-29(32)17-21-38(43)48-46(50)35-14-10-13-33-34-20-22-39-41(45(34)51-44(33)35)49-40(25-47)52-39/h8-24,26-27H,1-7H3. The topological polar surface area (TPSA) is 67.6 Å². The van der Waals surface area contributed by atoms with Gasteiger partial charge in [0.1, 0.15) is 23.0 Å². The molecule has 53 heavy (non-hydrogen) atoms. The van der Waals surface area contributed by atoms with Gasteiger partial charge in [0.05, 0.1) is 35.1 Å². The summed E-state index contributed by atoms with van der Waals surface area (Å²) >= 11 is 1.39. The van der Waals surface area contributed by atoms with Crippen molar-refractivity contribution in [2.45, 2.75) is 59.2 Å². The molecule has 0 unspecified atom stereocenters. The summed E-state index contributed by atoms with van der Waals surface area (Å²) in [6.07, 6.45) is 0. The molecule has 0 bridgehead atoms. The first-order chi connectivity index (χ1) is 25.5. The molecule has 0 fully saturated rings. The highest BCUT2D eigenvalue weighted by atomic mass is 32.1. The third kappa shape index (κ3) is 5.31. The number of para-hydroxylation sites is 1. The zero-order chi connectivity index (χ0) is 36.8. The normalized spacial score (nSPS) is 12.4. The third-order valence-electron chi connectivity index (χ3n) is 10.6. The van der Waals surface area contributed by atoms with Crippen molar-refractivity contribution in [3.8, 4) is 34.3 Å². The van der Waals surface area contributed by atoms with Crippen LogP contribution in [0.25, 0.3) is 82.2 Å². The number of imidazole rings is 1. The lowest BCUT2D eigenvalue weighted by atomic mass is 9.88. The van der Waals surface area contributed by atoms with Gasteiger partial charge in [0.25, 0.3) is 0 Å². The Morgan fingerprint density at radius 2 is 1.42 bits per heavy atom. The maximum Gasteiger partial charge on any atom is 0.195 e. The Hall–Kier alpha value is -5.55. The number of aromatic nitrogens is 3. The van der Waals surface area contributed by atoms with E-state index < -0.39 is 8.07 Å². The first-order valence-electron chi connectivity index (χ1n) is 18.4. The van der Waals surface area contributed by atoms with E-state index in [-0.39, 0.29) is 11.8 Å². The van der Waals surface area contributed by atoms with E-state index in [1.807, 2.05) is 6.07 Å². The van der Waals surface area contributed by atoms with Crippen LogP contribution in [0.15, 0.2) is 108 Å². The van der Waals surface area contributed by atoms with Gasteiger partial charge in [0.2, 0.25) is 0 Å². The van der Waals surface area contributed by atoms with Gasteiger partial charge >= 0.3 is 0 Å². The molecular formula is C46H40N4OSSi. The third-order valence-corrected chi connectivity index (χ3v) is 13.6. The largest absolute Gasteiger partial charge is 0.453 e. The molecule has 9 rings (SSSR count). The van der Waals surface area contributed by atoms with Crippen molar-refractivity contribution in [3.05, 3.63) is 119 Å². The first kappa shape index (κ1) is 33.3. The zero-order valence-electron chi connectivity index (χ0n) is 31.1. The van der Waals surface area contributed by atoms with Gasteiger partial charge in [-0.25, -0.2) is 9.97 Å². The van der Waals surface area contributed by atoms with Crippen LogP contribution in [0.1, 0.15) is 55.7 Å². The smallest absolute Gasteiger partial charge is 0.195 e. The second-order valence-corrected chi connectivity index (χ2v) is 21.9. The van der Waals surface area contributed by atoms with Gasteiger partial charge < -0.3 is 4.42 Å². The molecule has 0 saturated heterocycles. The number of nitriles is 1. The van der Waals surface area contributed by atoms with Gasteiger partial charge in [0, 0.05) is 16.2 Å². The minimum Gasteiger partial charge on any atom is -0.453 e. The Kier molecular flexibility index (Phi) is 7.70. The molecular weight excluding hydrogens is 685 g/mol. The van der Waals surface area contributed by atoms with Gasteiger partial charge in [-0.05, 0) is 75.9 Å². The summed E-state index contributed by atoms with van der Waals surface area (Å²) < 4.78 is 10.2. The molecule has 7 heteroatoms. The van der Waals surface area contributed by atoms with Gasteiger partial charge in [-0.3, -0.25) is 4.57 Å². The highest BCUT2D eigenvalue weighted by molar-refractivity contribution is 7.19. The fraction of sp³-hybridized carbons (Fsp3) is 0.196. The van der Waals surface area contributed by atoms with Crippen LogP contribution in [0.2, 0.25) is 19.6 Å². The summed E-state index contributed by atoms with van der Waals surface area (Å²) in [5, 5.41) is 15.8. The van der Waals surface area contributed by atoms with E-state index in [4.69, 9.17) is 9.40 Å². The Morgan fingerprint density at radius 1 is 0.717 bits per heavy atom. The number of furan rings is 1. The summed E-state index contributed by atoms with van der Waals surface area (Å²) in [4.78, 5) is 10.1. The Balaban J connectivity index is 1.38. The molecule has 6 aromatic carbocycles. The monoisotopic (exact) mass is 724 g/mol. The summed E-state index contributed by atoms with van der Waals surface area (Å²) in [5.74, 6) is 1.31. The molecule has 0 atom stereocenters. The van der Waals surface area contributed by atoms with Crippen LogP contribution in [0.4, 0.5) is 0 Å². The average molecular weight is 725 g/mol. The summed E-state index contributed by atoms with van der Waals surface area (Å²) in [6, 6.07) is 39.7. The van der Waals surface area contributed by atoms with Crippen LogP contribution in [0.3, 0.4) is 0 Å². The number of thiazole rings is 1. The highest BCUT2D eigenvalue weighted by Gasteiger charge is 2.27. The molecule has 0 radical (unpaired) electrons. The van der Waals surface area contributed by atoms with Crippen LogP contribution >= 0.6 is 11.3 Å². The minimum absolute atomic E-state index is 0.234. The zero-order valence-corrected chi connectivity index (χ0v) is 32.9. The van der Waals surface area contributed by atoms with Crippen LogP contribution in [0, 0.1) is 11.3 Å². The SMILES string of the molecule is CC(C)c1cc(-c2ccc([Si](C)(C)C)cc2)cc(C(C)C)c1-n1c(-c2cccc3c2oc2c3ccc3sc(C#N)nc32)nc2ccc3ccccc3c21. The van der Waals surface area contributed by atoms with E-state index in [0.717, 1.165) is 54.4 Å². The Labute approximate surface area is 314 Å². The molecule has 0 aliphatic rings. The van der Waals surface area contributed by atoms with Gasteiger partial charge in [0.15, 0.2) is 10.6 Å². The highest BCUT2D eigenvalue weighted by Crippen LogP contribution is 2.44. The number of fused-ring (bicyclic) bond motifs is 8. The number of nitrogens with zero attached hydrogens (tertiary/aromatic N) is 4. The van der Waals surface area contributed by atoms with Crippen molar-refractivity contribution >= 4 is 78.6 Å². The second-order valence-electron chi connectivity index (χ2n) is 15.8. The molecule has 3 aromatic heterocycles. The minimum atomic E-state index is -1.43. The van der Waals surface area contributed by atoms with Crippen molar-refractivity contribution in [3.63, 3.8) is 0 Å².